The molecule has 2 rings (SSSR count). The predicted molar refractivity (Wildman–Crippen MR) is 90.4 cm³/mol. The number of azide groups is 1. The molecule has 0 spiro atoms. The molecule has 1 N–H and O–H groups in total. The Balaban J connectivity index is 2.26. The van der Waals surface area contributed by atoms with Crippen molar-refractivity contribution in [2.45, 2.75) is 18.9 Å². The molecule has 0 fully saturated rings. The molecule has 0 aliphatic rings. The van der Waals surface area contributed by atoms with E-state index < -0.39 is 17.9 Å². The Bertz CT molecular complexity index is 756. The number of aromatic hydroxyl groups is 1. The number of benzene rings is 2. The maximum Gasteiger partial charge on any atom is 0.309 e. The van der Waals surface area contributed by atoms with Gasteiger partial charge in [-0.1, -0.05) is 29.4 Å². The summed E-state index contributed by atoms with van der Waals surface area (Å²) in [7, 11) is 1.27. The lowest BCUT2D eigenvalue weighted by molar-refractivity contribution is -0.146. The monoisotopic (exact) mass is 343 g/mol. The second kappa shape index (κ2) is 8.70. The number of carbonyl (C=O) groups excluding carboxylic acids is 1. The minimum atomic E-state index is -0.699. The van der Waals surface area contributed by atoms with Crippen LogP contribution in [0.2, 0.25) is 0 Å². The maximum absolute atomic E-state index is 13.1. The van der Waals surface area contributed by atoms with Gasteiger partial charge < -0.3 is 9.84 Å². The molecule has 2 aromatic carbocycles. The van der Waals surface area contributed by atoms with Gasteiger partial charge in [-0.15, -0.1) is 0 Å². The zero-order valence-corrected chi connectivity index (χ0v) is 13.7. The molecule has 2 aromatic rings. The van der Waals surface area contributed by atoms with Gasteiger partial charge in [-0.3, -0.25) is 4.79 Å². The normalized spacial score (nSPS) is 12.7. The van der Waals surface area contributed by atoms with Crippen LogP contribution in [-0.4, -0.2) is 24.2 Å². The standard InChI is InChI=1S/C18H18FN3O3/c1-25-18(24)16(10-12-4-8-15(23)9-5-12)17(21-22-20)11-13-2-6-14(19)7-3-13/h2-9,16-17,23H,10-11H2,1H3/t16-,17?/m1/s1. The van der Waals surface area contributed by atoms with Crippen LogP contribution in [0.15, 0.2) is 53.6 Å². The third kappa shape index (κ3) is 5.22. The van der Waals surface area contributed by atoms with Gasteiger partial charge in [0.05, 0.1) is 19.1 Å². The minimum absolute atomic E-state index is 0.122. The number of methoxy groups -OCH3 is 1. The number of hydrogen-bond donors (Lipinski definition) is 1. The lowest BCUT2D eigenvalue weighted by Gasteiger charge is -2.21. The molecule has 130 valence electrons. The van der Waals surface area contributed by atoms with Crippen molar-refractivity contribution >= 4 is 5.97 Å². The van der Waals surface area contributed by atoms with Crippen LogP contribution in [0.1, 0.15) is 11.1 Å². The van der Waals surface area contributed by atoms with Crippen molar-refractivity contribution in [1.29, 1.82) is 0 Å². The van der Waals surface area contributed by atoms with Crippen LogP contribution in [-0.2, 0) is 22.4 Å². The molecule has 7 heteroatoms. The molecule has 0 bridgehead atoms. The lowest BCUT2D eigenvalue weighted by atomic mass is 9.88. The average Bonchev–Trinajstić information content (AvgIpc) is 2.62. The molecule has 0 aliphatic heterocycles. The van der Waals surface area contributed by atoms with E-state index in [-0.39, 0.29) is 24.4 Å². The van der Waals surface area contributed by atoms with Crippen molar-refractivity contribution in [2.75, 3.05) is 7.11 Å². The van der Waals surface area contributed by atoms with E-state index in [9.17, 15) is 14.3 Å². The number of ether oxygens (including phenoxy) is 1. The summed E-state index contributed by atoms with van der Waals surface area (Å²) >= 11 is 0. The summed E-state index contributed by atoms with van der Waals surface area (Å²) in [5, 5.41) is 13.1. The summed E-state index contributed by atoms with van der Waals surface area (Å²) in [5.74, 6) is -1.43. The molecule has 0 heterocycles. The summed E-state index contributed by atoms with van der Waals surface area (Å²) < 4.78 is 17.9. The number of carbonyl (C=O) groups is 1. The smallest absolute Gasteiger partial charge is 0.309 e. The Kier molecular flexibility index (Phi) is 6.37. The summed E-state index contributed by atoms with van der Waals surface area (Å²) in [6.45, 7) is 0. The fraction of sp³-hybridized carbons (Fsp3) is 0.278. The number of phenols is 1. The van der Waals surface area contributed by atoms with Gasteiger partial charge in [-0.2, -0.15) is 0 Å². The molecule has 2 atom stereocenters. The van der Waals surface area contributed by atoms with E-state index in [4.69, 9.17) is 10.3 Å². The number of esters is 1. The van der Waals surface area contributed by atoms with Gasteiger partial charge in [-0.25, -0.2) is 4.39 Å². The molecule has 0 saturated heterocycles. The molecule has 0 radical (unpaired) electrons. The average molecular weight is 343 g/mol. The first-order chi connectivity index (χ1) is 12.0. The van der Waals surface area contributed by atoms with E-state index in [1.165, 1.54) is 31.4 Å². The summed E-state index contributed by atoms with van der Waals surface area (Å²) in [4.78, 5) is 15.1. The van der Waals surface area contributed by atoms with Crippen molar-refractivity contribution in [3.05, 3.63) is 75.9 Å². The van der Waals surface area contributed by atoms with Gasteiger partial charge in [0.2, 0.25) is 0 Å². The number of halogens is 1. The first-order valence-corrected chi connectivity index (χ1v) is 7.68. The topological polar surface area (TPSA) is 95.3 Å². The molecular weight excluding hydrogens is 325 g/mol. The molecular formula is C18H18FN3O3. The van der Waals surface area contributed by atoms with Gasteiger partial charge in [0.25, 0.3) is 0 Å². The van der Waals surface area contributed by atoms with Crippen molar-refractivity contribution < 1.29 is 19.0 Å². The Hall–Kier alpha value is -3.05. The van der Waals surface area contributed by atoms with E-state index in [0.717, 1.165) is 11.1 Å². The van der Waals surface area contributed by atoms with Crippen LogP contribution in [0.25, 0.3) is 10.4 Å². The minimum Gasteiger partial charge on any atom is -0.508 e. The van der Waals surface area contributed by atoms with Crippen LogP contribution in [0, 0.1) is 11.7 Å². The number of hydrogen-bond acceptors (Lipinski definition) is 4. The lowest BCUT2D eigenvalue weighted by Crippen LogP contribution is -2.31. The van der Waals surface area contributed by atoms with Gasteiger partial charge in [0.15, 0.2) is 0 Å². The summed E-state index contributed by atoms with van der Waals surface area (Å²) in [6, 6.07) is 11.5. The molecule has 0 aromatic heterocycles. The first-order valence-electron chi connectivity index (χ1n) is 7.68. The van der Waals surface area contributed by atoms with Crippen LogP contribution in [0.3, 0.4) is 0 Å². The maximum atomic E-state index is 13.1. The van der Waals surface area contributed by atoms with Gasteiger partial charge >= 0.3 is 5.97 Å². The van der Waals surface area contributed by atoms with E-state index in [2.05, 4.69) is 10.0 Å². The number of nitrogens with zero attached hydrogens (tertiary/aromatic N) is 3. The van der Waals surface area contributed by atoms with Gasteiger partial charge in [0, 0.05) is 4.91 Å². The Morgan fingerprint density at radius 1 is 1.16 bits per heavy atom. The largest absolute Gasteiger partial charge is 0.508 e. The highest BCUT2D eigenvalue weighted by Crippen LogP contribution is 2.22. The molecule has 6 nitrogen and oxygen atoms in total. The molecule has 0 amide bonds. The van der Waals surface area contributed by atoms with E-state index in [0.29, 0.717) is 0 Å². The highest BCUT2D eigenvalue weighted by molar-refractivity contribution is 5.73. The SMILES string of the molecule is COC(=O)[C@H](Cc1ccc(O)cc1)C(Cc1ccc(F)cc1)N=[N+]=[N-]. The van der Waals surface area contributed by atoms with Crippen LogP contribution in [0.5, 0.6) is 5.75 Å². The van der Waals surface area contributed by atoms with E-state index in [1.807, 2.05) is 0 Å². The Labute approximate surface area is 144 Å². The second-order valence-electron chi connectivity index (χ2n) is 5.60. The zero-order valence-electron chi connectivity index (χ0n) is 13.7. The number of rotatable bonds is 7. The Morgan fingerprint density at radius 3 is 2.28 bits per heavy atom. The second-order valence-corrected chi connectivity index (χ2v) is 5.60. The van der Waals surface area contributed by atoms with Crippen molar-refractivity contribution in [2.24, 2.45) is 11.0 Å². The Morgan fingerprint density at radius 2 is 1.72 bits per heavy atom. The quantitative estimate of drug-likeness (QED) is 0.358. The fourth-order valence-electron chi connectivity index (χ4n) is 2.61. The van der Waals surface area contributed by atoms with Crippen LogP contribution < -0.4 is 0 Å². The third-order valence-electron chi connectivity index (χ3n) is 3.92. The molecule has 25 heavy (non-hydrogen) atoms. The van der Waals surface area contributed by atoms with Crippen molar-refractivity contribution in [1.82, 2.24) is 0 Å². The molecule has 0 aliphatic carbocycles. The van der Waals surface area contributed by atoms with E-state index in [1.54, 1.807) is 24.3 Å². The van der Waals surface area contributed by atoms with Gasteiger partial charge in [-0.05, 0) is 53.8 Å². The summed E-state index contributed by atoms with van der Waals surface area (Å²) in [5.41, 5.74) is 10.4. The van der Waals surface area contributed by atoms with E-state index >= 15 is 0 Å². The third-order valence-corrected chi connectivity index (χ3v) is 3.92. The summed E-state index contributed by atoms with van der Waals surface area (Å²) in [6.07, 6.45) is 0.569. The first kappa shape index (κ1) is 18.3. The van der Waals surface area contributed by atoms with Gasteiger partial charge in [0.1, 0.15) is 11.6 Å². The zero-order chi connectivity index (χ0) is 18.2. The van der Waals surface area contributed by atoms with Crippen molar-refractivity contribution in [3.8, 4) is 5.75 Å². The fourth-order valence-corrected chi connectivity index (χ4v) is 2.61. The number of phenolic OH excluding ortho intramolecular Hbond substituents is 1. The highest BCUT2D eigenvalue weighted by atomic mass is 19.1. The molecule has 1 unspecified atom stereocenters. The predicted octanol–water partition coefficient (Wildman–Crippen LogP) is 3.78. The van der Waals surface area contributed by atoms with Crippen molar-refractivity contribution in [3.63, 3.8) is 0 Å². The highest BCUT2D eigenvalue weighted by Gasteiger charge is 2.29. The molecule has 0 saturated carbocycles. The van der Waals surface area contributed by atoms with Crippen LogP contribution in [0.4, 0.5) is 4.39 Å². The van der Waals surface area contributed by atoms with Crippen LogP contribution >= 0.6 is 0 Å².